The van der Waals surface area contributed by atoms with Crippen molar-refractivity contribution in [2.45, 2.75) is 18.6 Å². The van der Waals surface area contributed by atoms with Gasteiger partial charge in [0.25, 0.3) is 0 Å². The Kier molecular flexibility index (Phi) is 4.54. The van der Waals surface area contributed by atoms with Crippen LogP contribution in [-0.2, 0) is 0 Å². The van der Waals surface area contributed by atoms with Gasteiger partial charge in [-0.15, -0.1) is 12.8 Å². The Morgan fingerprint density at radius 1 is 1.35 bits per heavy atom. The van der Waals surface area contributed by atoms with Crippen molar-refractivity contribution >= 4 is 14.3 Å². The average Bonchev–Trinajstić information content (AvgIpc) is 2.27. The molecule has 0 aromatic rings. The summed E-state index contributed by atoms with van der Waals surface area (Å²) >= 11 is 0. The number of terminal acetylenes is 2. The molecule has 0 heterocycles. The topological polar surface area (TPSA) is 0 Å². The van der Waals surface area contributed by atoms with Crippen LogP contribution in [0.4, 0.5) is 13.2 Å². The van der Waals surface area contributed by atoms with Crippen LogP contribution in [0.1, 0.15) is 6.42 Å². The first kappa shape index (κ1) is 13.5. The van der Waals surface area contributed by atoms with Crippen molar-refractivity contribution < 1.29 is 13.2 Å². The summed E-state index contributed by atoms with van der Waals surface area (Å²) in [5, 5.41) is 0.821. The molecule has 1 atom stereocenters. The molecule has 1 aliphatic rings. The van der Waals surface area contributed by atoms with Crippen molar-refractivity contribution in [3.8, 4) is 24.7 Å². The van der Waals surface area contributed by atoms with Gasteiger partial charge in [-0.3, -0.25) is 0 Å². The molecule has 0 radical (unpaired) electrons. The quantitative estimate of drug-likeness (QED) is 0.523. The first-order valence-corrected chi connectivity index (χ1v) is 6.45. The summed E-state index contributed by atoms with van der Waals surface area (Å²) < 4.78 is 36.2. The highest BCUT2D eigenvalue weighted by molar-refractivity contribution is 6.59. The monoisotopic (exact) mass is 252 g/mol. The lowest BCUT2D eigenvalue weighted by Crippen LogP contribution is -2.20. The summed E-state index contributed by atoms with van der Waals surface area (Å²) in [5.74, 6) is 4.79. The van der Waals surface area contributed by atoms with Gasteiger partial charge in [0, 0.05) is 21.1 Å². The van der Waals surface area contributed by atoms with Gasteiger partial charge in [0.15, 0.2) is 0 Å². The van der Waals surface area contributed by atoms with Gasteiger partial charge in [-0.1, -0.05) is 24.0 Å². The van der Waals surface area contributed by atoms with E-state index in [4.69, 9.17) is 12.8 Å². The fourth-order valence-corrected chi connectivity index (χ4v) is 3.18. The van der Waals surface area contributed by atoms with Crippen molar-refractivity contribution in [2.24, 2.45) is 5.92 Å². The minimum Gasteiger partial charge on any atom is -0.171 e. The van der Waals surface area contributed by atoms with Crippen LogP contribution in [0, 0.1) is 30.6 Å². The maximum absolute atomic E-state index is 12.1. The number of hydrogen-bond acceptors (Lipinski definition) is 0. The van der Waals surface area contributed by atoms with Crippen molar-refractivity contribution in [1.82, 2.24) is 0 Å². The lowest BCUT2D eigenvalue weighted by molar-refractivity contribution is -0.130. The molecule has 0 saturated heterocycles. The van der Waals surface area contributed by atoms with Gasteiger partial charge in [0.1, 0.15) is 0 Å². The van der Waals surface area contributed by atoms with E-state index in [9.17, 15) is 13.2 Å². The van der Waals surface area contributed by atoms with E-state index in [1.54, 1.807) is 18.2 Å². The van der Waals surface area contributed by atoms with Crippen molar-refractivity contribution in [1.29, 1.82) is 0 Å². The normalized spacial score (nSPS) is 21.8. The molecule has 0 bridgehead atoms. The van der Waals surface area contributed by atoms with Gasteiger partial charge in [-0.25, -0.2) is 0 Å². The smallest absolute Gasteiger partial charge is 0.171 e. The molecule has 0 amide bonds. The second-order valence-corrected chi connectivity index (χ2v) is 5.17. The van der Waals surface area contributed by atoms with Crippen LogP contribution < -0.4 is 0 Å². The molecular formula is C13H11F3Si. The maximum atomic E-state index is 12.1. The van der Waals surface area contributed by atoms with Gasteiger partial charge in [-0.2, -0.15) is 13.2 Å². The van der Waals surface area contributed by atoms with Crippen LogP contribution in [0.15, 0.2) is 23.8 Å². The minimum absolute atomic E-state index is 0.101. The van der Waals surface area contributed by atoms with Gasteiger partial charge in [0.2, 0.25) is 0 Å². The van der Waals surface area contributed by atoms with Crippen LogP contribution in [0.5, 0.6) is 0 Å². The van der Waals surface area contributed by atoms with Crippen molar-refractivity contribution in [2.75, 3.05) is 0 Å². The maximum Gasteiger partial charge on any atom is 0.389 e. The average molecular weight is 252 g/mol. The van der Waals surface area contributed by atoms with Crippen LogP contribution in [-0.4, -0.2) is 20.5 Å². The zero-order chi connectivity index (χ0) is 12.9. The first-order chi connectivity index (χ1) is 7.98. The highest BCUT2D eigenvalue weighted by atomic mass is 28.2. The lowest BCUT2D eigenvalue weighted by atomic mass is 9.95. The number of allylic oxidation sites excluding steroid dienone is 4. The standard InChI is InChI=1S/C13H11F3Si/c1-3-10-6-5-7-11(4-2)12(10)17-9-8-13(14,15)16/h1-2,5-7,10,17H,8-9H2. The van der Waals surface area contributed by atoms with Crippen molar-refractivity contribution in [3.05, 3.63) is 23.8 Å². The zero-order valence-electron chi connectivity index (χ0n) is 9.09. The molecule has 1 rings (SSSR count). The van der Waals surface area contributed by atoms with Crippen LogP contribution in [0.3, 0.4) is 0 Å². The second kappa shape index (κ2) is 5.70. The molecule has 88 valence electrons. The Bertz CT molecular complexity index is 453. The molecule has 0 fully saturated rings. The molecule has 0 aliphatic heterocycles. The molecule has 0 aromatic carbocycles. The third kappa shape index (κ3) is 4.09. The molecule has 0 spiro atoms. The van der Waals surface area contributed by atoms with Gasteiger partial charge < -0.3 is 0 Å². The predicted octanol–water partition coefficient (Wildman–Crippen LogP) is 2.34. The SMILES string of the molecule is C#CC1=CC=CC(C#C)C1=[SiH]CCC(F)(F)F. The Labute approximate surface area is 101 Å². The van der Waals surface area contributed by atoms with E-state index in [2.05, 4.69) is 11.8 Å². The van der Waals surface area contributed by atoms with Crippen LogP contribution in [0.2, 0.25) is 6.04 Å². The van der Waals surface area contributed by atoms with Crippen LogP contribution in [0.25, 0.3) is 0 Å². The highest BCUT2D eigenvalue weighted by Crippen LogP contribution is 2.21. The predicted molar refractivity (Wildman–Crippen MR) is 66.0 cm³/mol. The van der Waals surface area contributed by atoms with E-state index < -0.39 is 21.7 Å². The molecule has 4 heteroatoms. The van der Waals surface area contributed by atoms with Crippen molar-refractivity contribution in [3.63, 3.8) is 0 Å². The number of alkyl halides is 3. The molecule has 0 N–H and O–H groups in total. The summed E-state index contributed by atoms with van der Waals surface area (Å²) in [6, 6.07) is 0.101. The third-order valence-electron chi connectivity index (χ3n) is 2.34. The Hall–Kier alpha value is -1.52. The number of rotatable bonds is 2. The van der Waals surface area contributed by atoms with Gasteiger partial charge >= 0.3 is 6.18 Å². The largest absolute Gasteiger partial charge is 0.389 e. The minimum atomic E-state index is -4.11. The fourth-order valence-electron chi connectivity index (χ4n) is 1.54. The van der Waals surface area contributed by atoms with E-state index in [0.717, 1.165) is 5.17 Å². The van der Waals surface area contributed by atoms with E-state index in [0.29, 0.717) is 5.57 Å². The summed E-state index contributed by atoms with van der Waals surface area (Å²) in [4.78, 5) is 0. The van der Waals surface area contributed by atoms with Gasteiger partial charge in [-0.05, 0) is 17.3 Å². The molecule has 0 nitrogen and oxygen atoms in total. The molecule has 1 aliphatic carbocycles. The Morgan fingerprint density at radius 2 is 2.06 bits per heavy atom. The first-order valence-electron chi connectivity index (χ1n) is 5.06. The lowest BCUT2D eigenvalue weighted by Gasteiger charge is -2.15. The summed E-state index contributed by atoms with van der Waals surface area (Å²) in [7, 11) is -0.509. The number of hydrogen-bond donors (Lipinski definition) is 0. The third-order valence-corrected chi connectivity index (χ3v) is 4.03. The van der Waals surface area contributed by atoms with Gasteiger partial charge in [0.05, 0.1) is 5.92 Å². The van der Waals surface area contributed by atoms with E-state index in [1.807, 2.05) is 0 Å². The molecule has 1 unspecified atom stereocenters. The molecule has 17 heavy (non-hydrogen) atoms. The van der Waals surface area contributed by atoms with E-state index >= 15 is 0 Å². The second-order valence-electron chi connectivity index (χ2n) is 3.57. The Morgan fingerprint density at radius 3 is 2.59 bits per heavy atom. The molecule has 0 saturated carbocycles. The molecular weight excluding hydrogens is 241 g/mol. The fraction of sp³-hybridized carbons (Fsp3) is 0.308. The summed E-state index contributed by atoms with van der Waals surface area (Å²) in [6.07, 6.45) is 11.0. The molecule has 0 aromatic heterocycles. The van der Waals surface area contributed by atoms with E-state index in [1.165, 1.54) is 0 Å². The van der Waals surface area contributed by atoms with E-state index in [-0.39, 0.29) is 12.0 Å². The highest BCUT2D eigenvalue weighted by Gasteiger charge is 2.26. The summed E-state index contributed by atoms with van der Waals surface area (Å²) in [5.41, 5.74) is 0.646. The Balaban J connectivity index is 2.83. The summed E-state index contributed by atoms with van der Waals surface area (Å²) in [6.45, 7) is 0. The zero-order valence-corrected chi connectivity index (χ0v) is 10.2. The number of halogens is 3. The van der Waals surface area contributed by atoms with Crippen LogP contribution >= 0.6 is 0 Å².